The van der Waals surface area contributed by atoms with Crippen LogP contribution in [-0.4, -0.2) is 41.1 Å². The number of pyridine rings is 1. The number of nitrogens with zero attached hydrogens (tertiary/aromatic N) is 5. The summed E-state index contributed by atoms with van der Waals surface area (Å²) in [6.07, 6.45) is 3.35. The van der Waals surface area contributed by atoms with Gasteiger partial charge in [-0.05, 0) is 19.1 Å². The van der Waals surface area contributed by atoms with Gasteiger partial charge in [-0.3, -0.25) is 0 Å². The van der Waals surface area contributed by atoms with Crippen LogP contribution in [0.1, 0.15) is 5.56 Å². The first-order chi connectivity index (χ1) is 9.75. The minimum Gasteiger partial charge on any atom is -0.353 e. The average Bonchev–Trinajstić information content (AvgIpc) is 2.51. The Morgan fingerprint density at radius 3 is 2.45 bits per heavy atom. The molecular weight excluding hydrogens is 274 g/mol. The van der Waals surface area contributed by atoms with Gasteiger partial charge in [0.1, 0.15) is 23.1 Å². The molecule has 1 fully saturated rings. The summed E-state index contributed by atoms with van der Waals surface area (Å²) in [6, 6.07) is 6.00. The van der Waals surface area contributed by atoms with Crippen LogP contribution < -0.4 is 9.80 Å². The summed E-state index contributed by atoms with van der Waals surface area (Å²) >= 11 is 6.06. The van der Waals surface area contributed by atoms with Crippen molar-refractivity contribution in [1.82, 2.24) is 15.0 Å². The maximum atomic E-state index is 6.06. The minimum atomic E-state index is 0.530. The standard InChI is InChI=1S/C14H16ClN5/c1-11-13(15)17-10-18-14(11)20-8-6-19(7-9-20)12-4-2-3-5-16-12/h2-5,10H,6-9H2,1H3. The zero-order valence-electron chi connectivity index (χ0n) is 11.3. The maximum Gasteiger partial charge on any atom is 0.137 e. The van der Waals surface area contributed by atoms with Crippen LogP contribution >= 0.6 is 11.6 Å². The third-order valence-electron chi connectivity index (χ3n) is 3.55. The van der Waals surface area contributed by atoms with E-state index >= 15 is 0 Å². The van der Waals surface area contributed by atoms with E-state index in [1.807, 2.05) is 31.3 Å². The molecule has 0 radical (unpaired) electrons. The van der Waals surface area contributed by atoms with Gasteiger partial charge in [-0.15, -0.1) is 0 Å². The first-order valence-corrected chi connectivity index (χ1v) is 7.01. The van der Waals surface area contributed by atoms with Crippen molar-refractivity contribution in [2.45, 2.75) is 6.92 Å². The second kappa shape index (κ2) is 5.63. The van der Waals surface area contributed by atoms with Gasteiger partial charge in [0, 0.05) is 37.9 Å². The van der Waals surface area contributed by atoms with Crippen molar-refractivity contribution in [1.29, 1.82) is 0 Å². The molecule has 0 amide bonds. The quantitative estimate of drug-likeness (QED) is 0.793. The number of hydrogen-bond donors (Lipinski definition) is 0. The SMILES string of the molecule is Cc1c(Cl)ncnc1N1CCN(c2ccccn2)CC1. The Labute approximate surface area is 123 Å². The van der Waals surface area contributed by atoms with Crippen molar-refractivity contribution in [3.8, 4) is 0 Å². The van der Waals surface area contributed by atoms with Gasteiger partial charge in [0.2, 0.25) is 0 Å². The molecule has 2 aromatic heterocycles. The lowest BCUT2D eigenvalue weighted by atomic mass is 10.2. The molecule has 0 aromatic carbocycles. The molecule has 2 aromatic rings. The van der Waals surface area contributed by atoms with E-state index in [1.54, 1.807) is 0 Å². The molecule has 0 atom stereocenters. The summed E-state index contributed by atoms with van der Waals surface area (Å²) in [5.74, 6) is 1.97. The normalized spacial score (nSPS) is 15.5. The van der Waals surface area contributed by atoms with Crippen molar-refractivity contribution in [3.05, 3.63) is 41.4 Å². The smallest absolute Gasteiger partial charge is 0.137 e. The molecule has 5 nitrogen and oxygen atoms in total. The molecule has 0 spiro atoms. The lowest BCUT2D eigenvalue weighted by Crippen LogP contribution is -2.47. The molecule has 6 heteroatoms. The molecule has 3 heterocycles. The number of halogens is 1. The molecule has 0 bridgehead atoms. The third kappa shape index (κ3) is 2.54. The summed E-state index contributed by atoms with van der Waals surface area (Å²) in [5.41, 5.74) is 0.945. The first-order valence-electron chi connectivity index (χ1n) is 6.64. The van der Waals surface area contributed by atoms with E-state index in [-0.39, 0.29) is 0 Å². The largest absolute Gasteiger partial charge is 0.353 e. The van der Waals surface area contributed by atoms with Crippen molar-refractivity contribution in [3.63, 3.8) is 0 Å². The fourth-order valence-corrected chi connectivity index (χ4v) is 2.56. The monoisotopic (exact) mass is 289 g/mol. The summed E-state index contributed by atoms with van der Waals surface area (Å²) in [6.45, 7) is 5.63. The van der Waals surface area contributed by atoms with E-state index in [4.69, 9.17) is 11.6 Å². The maximum absolute atomic E-state index is 6.06. The number of hydrogen-bond acceptors (Lipinski definition) is 5. The summed E-state index contributed by atoms with van der Waals surface area (Å²) in [5, 5.41) is 0.530. The molecule has 1 saturated heterocycles. The Bertz CT molecular complexity index is 581. The Balaban J connectivity index is 1.71. The molecule has 1 aliphatic heterocycles. The molecule has 3 rings (SSSR count). The Morgan fingerprint density at radius 1 is 1.00 bits per heavy atom. The molecule has 0 aliphatic carbocycles. The zero-order chi connectivity index (χ0) is 13.9. The topological polar surface area (TPSA) is 45.2 Å². The van der Waals surface area contributed by atoms with Crippen LogP contribution in [0.4, 0.5) is 11.6 Å². The average molecular weight is 290 g/mol. The summed E-state index contributed by atoms with van der Waals surface area (Å²) in [7, 11) is 0. The van der Waals surface area contributed by atoms with Crippen molar-refractivity contribution >= 4 is 23.2 Å². The van der Waals surface area contributed by atoms with Crippen LogP contribution in [0.5, 0.6) is 0 Å². The van der Waals surface area contributed by atoms with Crippen LogP contribution in [0.15, 0.2) is 30.7 Å². The van der Waals surface area contributed by atoms with Crippen LogP contribution in [0, 0.1) is 6.92 Å². The molecule has 1 aliphatic rings. The lowest BCUT2D eigenvalue weighted by molar-refractivity contribution is 0.639. The van der Waals surface area contributed by atoms with Gasteiger partial charge in [0.15, 0.2) is 0 Å². The Hall–Kier alpha value is -1.88. The van der Waals surface area contributed by atoms with Crippen molar-refractivity contribution in [2.75, 3.05) is 36.0 Å². The second-order valence-corrected chi connectivity index (χ2v) is 5.13. The Morgan fingerprint density at radius 2 is 1.75 bits per heavy atom. The van der Waals surface area contributed by atoms with Gasteiger partial charge in [0.25, 0.3) is 0 Å². The van der Waals surface area contributed by atoms with E-state index < -0.39 is 0 Å². The Kier molecular flexibility index (Phi) is 3.69. The van der Waals surface area contributed by atoms with Crippen molar-refractivity contribution < 1.29 is 0 Å². The zero-order valence-corrected chi connectivity index (χ0v) is 12.1. The van der Waals surface area contributed by atoms with Gasteiger partial charge < -0.3 is 9.80 Å². The minimum absolute atomic E-state index is 0.530. The molecule has 0 unspecified atom stereocenters. The van der Waals surface area contributed by atoms with Gasteiger partial charge in [-0.25, -0.2) is 15.0 Å². The highest BCUT2D eigenvalue weighted by Crippen LogP contribution is 2.23. The predicted molar refractivity (Wildman–Crippen MR) is 80.4 cm³/mol. The number of rotatable bonds is 2. The molecular formula is C14H16ClN5. The highest BCUT2D eigenvalue weighted by atomic mass is 35.5. The fraction of sp³-hybridized carbons (Fsp3) is 0.357. The molecule has 20 heavy (non-hydrogen) atoms. The van der Waals surface area contributed by atoms with Crippen LogP contribution in [0.2, 0.25) is 5.15 Å². The highest BCUT2D eigenvalue weighted by Gasteiger charge is 2.20. The van der Waals surface area contributed by atoms with Crippen LogP contribution in [-0.2, 0) is 0 Å². The lowest BCUT2D eigenvalue weighted by Gasteiger charge is -2.36. The van der Waals surface area contributed by atoms with Gasteiger partial charge in [-0.1, -0.05) is 17.7 Å². The van der Waals surface area contributed by atoms with E-state index in [9.17, 15) is 0 Å². The highest BCUT2D eigenvalue weighted by molar-refractivity contribution is 6.30. The first kappa shape index (κ1) is 13.1. The van der Waals surface area contributed by atoms with E-state index in [2.05, 4.69) is 24.8 Å². The fourth-order valence-electron chi connectivity index (χ4n) is 2.43. The second-order valence-electron chi connectivity index (χ2n) is 4.78. The number of aromatic nitrogens is 3. The van der Waals surface area contributed by atoms with E-state index in [1.165, 1.54) is 6.33 Å². The van der Waals surface area contributed by atoms with E-state index in [0.29, 0.717) is 5.15 Å². The van der Waals surface area contributed by atoms with Gasteiger partial charge >= 0.3 is 0 Å². The number of anilines is 2. The van der Waals surface area contributed by atoms with Crippen LogP contribution in [0.3, 0.4) is 0 Å². The predicted octanol–water partition coefficient (Wildman–Crippen LogP) is 2.16. The summed E-state index contributed by atoms with van der Waals surface area (Å²) in [4.78, 5) is 17.3. The number of piperazine rings is 1. The van der Waals surface area contributed by atoms with E-state index in [0.717, 1.165) is 43.4 Å². The van der Waals surface area contributed by atoms with Crippen molar-refractivity contribution in [2.24, 2.45) is 0 Å². The van der Waals surface area contributed by atoms with Gasteiger partial charge in [0.05, 0.1) is 0 Å². The third-order valence-corrected chi connectivity index (χ3v) is 3.93. The summed E-state index contributed by atoms with van der Waals surface area (Å²) < 4.78 is 0. The molecule has 104 valence electrons. The molecule has 0 saturated carbocycles. The van der Waals surface area contributed by atoms with Gasteiger partial charge in [-0.2, -0.15) is 0 Å². The molecule has 0 N–H and O–H groups in total. The van der Waals surface area contributed by atoms with Crippen LogP contribution in [0.25, 0.3) is 0 Å².